The van der Waals surface area contributed by atoms with Crippen LogP contribution in [0.25, 0.3) is 0 Å². The van der Waals surface area contributed by atoms with Gasteiger partial charge >= 0.3 is 6.03 Å². The largest absolute Gasteiger partial charge is 0.387 e. The standard InChI is InChI=1S/C12H20N4O3S/c1-13-10-6-4-5-7-11(10)20(18,19)15-9-8-14-12(17)16(2)3/h4-7,13,15H,8-9H2,1-3H3,(H,14,17). The van der Waals surface area contributed by atoms with E-state index in [1.165, 1.54) is 11.0 Å². The number of amides is 2. The molecule has 0 bridgehead atoms. The van der Waals surface area contributed by atoms with Crippen molar-refractivity contribution in [2.45, 2.75) is 4.90 Å². The van der Waals surface area contributed by atoms with E-state index >= 15 is 0 Å². The van der Waals surface area contributed by atoms with E-state index in [4.69, 9.17) is 0 Å². The Kier molecular flexibility index (Phi) is 5.78. The van der Waals surface area contributed by atoms with Gasteiger partial charge in [0.25, 0.3) is 0 Å². The molecule has 0 aromatic heterocycles. The molecule has 0 heterocycles. The molecule has 8 heteroatoms. The molecule has 2 amide bonds. The number of anilines is 1. The monoisotopic (exact) mass is 300 g/mol. The van der Waals surface area contributed by atoms with Gasteiger partial charge in [-0.1, -0.05) is 12.1 Å². The first-order valence-corrected chi connectivity index (χ1v) is 7.58. The highest BCUT2D eigenvalue weighted by Gasteiger charge is 2.16. The molecule has 0 unspecified atom stereocenters. The average Bonchev–Trinajstić information content (AvgIpc) is 2.43. The Labute approximate surface area is 119 Å². The number of hydrogen-bond acceptors (Lipinski definition) is 4. The number of benzene rings is 1. The van der Waals surface area contributed by atoms with Crippen LogP contribution in [0.4, 0.5) is 10.5 Å². The molecule has 20 heavy (non-hydrogen) atoms. The summed E-state index contributed by atoms with van der Waals surface area (Å²) in [5.41, 5.74) is 0.525. The van der Waals surface area contributed by atoms with Gasteiger partial charge in [-0.3, -0.25) is 0 Å². The third kappa shape index (κ3) is 4.39. The summed E-state index contributed by atoms with van der Waals surface area (Å²) in [6.45, 7) is 0.345. The van der Waals surface area contributed by atoms with Crippen molar-refractivity contribution in [3.05, 3.63) is 24.3 Å². The molecular weight excluding hydrogens is 280 g/mol. The molecule has 0 aliphatic carbocycles. The van der Waals surface area contributed by atoms with E-state index in [0.29, 0.717) is 5.69 Å². The third-order valence-corrected chi connectivity index (χ3v) is 4.06. The quantitative estimate of drug-likeness (QED) is 0.658. The SMILES string of the molecule is CNc1ccccc1S(=O)(=O)NCCNC(=O)N(C)C. The van der Waals surface area contributed by atoms with Crippen LogP contribution < -0.4 is 15.4 Å². The van der Waals surface area contributed by atoms with Crippen molar-refractivity contribution in [3.63, 3.8) is 0 Å². The van der Waals surface area contributed by atoms with E-state index < -0.39 is 10.0 Å². The third-order valence-electron chi connectivity index (χ3n) is 2.55. The summed E-state index contributed by atoms with van der Waals surface area (Å²) in [5, 5.41) is 5.41. The van der Waals surface area contributed by atoms with E-state index in [2.05, 4.69) is 15.4 Å². The van der Waals surface area contributed by atoms with Gasteiger partial charge in [-0.05, 0) is 12.1 Å². The molecule has 0 aliphatic rings. The maximum Gasteiger partial charge on any atom is 0.316 e. The highest BCUT2D eigenvalue weighted by Crippen LogP contribution is 2.19. The second-order valence-electron chi connectivity index (χ2n) is 4.27. The Bertz CT molecular complexity index is 558. The normalized spacial score (nSPS) is 10.9. The zero-order valence-corrected chi connectivity index (χ0v) is 12.6. The van der Waals surface area contributed by atoms with Gasteiger partial charge in [-0.15, -0.1) is 0 Å². The van der Waals surface area contributed by atoms with E-state index in [9.17, 15) is 13.2 Å². The van der Waals surface area contributed by atoms with Crippen molar-refractivity contribution in [3.8, 4) is 0 Å². The Morgan fingerprint density at radius 3 is 2.45 bits per heavy atom. The van der Waals surface area contributed by atoms with Crippen molar-refractivity contribution >= 4 is 21.7 Å². The van der Waals surface area contributed by atoms with Crippen LogP contribution in [0, 0.1) is 0 Å². The van der Waals surface area contributed by atoms with Gasteiger partial charge in [-0.2, -0.15) is 0 Å². The number of nitrogens with zero attached hydrogens (tertiary/aromatic N) is 1. The molecule has 0 saturated heterocycles. The van der Waals surface area contributed by atoms with Gasteiger partial charge in [0.2, 0.25) is 10.0 Å². The van der Waals surface area contributed by atoms with E-state index in [-0.39, 0.29) is 24.0 Å². The number of rotatable bonds is 6. The van der Waals surface area contributed by atoms with Crippen molar-refractivity contribution in [2.75, 3.05) is 39.5 Å². The molecule has 1 aromatic rings. The summed E-state index contributed by atoms with van der Waals surface area (Å²) >= 11 is 0. The predicted octanol–water partition coefficient (Wildman–Crippen LogP) is 0.278. The maximum absolute atomic E-state index is 12.1. The fraction of sp³-hybridized carbons (Fsp3) is 0.417. The minimum absolute atomic E-state index is 0.125. The summed E-state index contributed by atoms with van der Waals surface area (Å²) in [6, 6.07) is 6.35. The van der Waals surface area contributed by atoms with Gasteiger partial charge in [-0.25, -0.2) is 17.9 Å². The smallest absolute Gasteiger partial charge is 0.316 e. The van der Waals surface area contributed by atoms with Crippen LogP contribution in [0.2, 0.25) is 0 Å². The highest BCUT2D eigenvalue weighted by atomic mass is 32.2. The fourth-order valence-corrected chi connectivity index (χ4v) is 2.74. The minimum atomic E-state index is -3.60. The number of carbonyl (C=O) groups is 1. The lowest BCUT2D eigenvalue weighted by atomic mass is 10.3. The molecule has 0 radical (unpaired) electrons. The average molecular weight is 300 g/mol. The fourth-order valence-electron chi connectivity index (χ4n) is 1.50. The molecule has 0 saturated carbocycles. The lowest BCUT2D eigenvalue weighted by molar-refractivity contribution is 0.217. The molecule has 0 spiro atoms. The first-order valence-electron chi connectivity index (χ1n) is 6.10. The molecular formula is C12H20N4O3S. The summed E-state index contributed by atoms with van der Waals surface area (Å²) in [4.78, 5) is 12.8. The second-order valence-corrected chi connectivity index (χ2v) is 6.01. The highest BCUT2D eigenvalue weighted by molar-refractivity contribution is 7.89. The molecule has 0 atom stereocenters. The number of urea groups is 1. The van der Waals surface area contributed by atoms with Crippen LogP contribution in [-0.2, 0) is 10.0 Å². The van der Waals surface area contributed by atoms with Crippen molar-refractivity contribution < 1.29 is 13.2 Å². The summed E-state index contributed by atoms with van der Waals surface area (Å²) < 4.78 is 26.7. The van der Waals surface area contributed by atoms with E-state index in [1.54, 1.807) is 39.3 Å². The van der Waals surface area contributed by atoms with Gasteiger partial charge < -0.3 is 15.5 Å². The lowest BCUT2D eigenvalue weighted by Crippen LogP contribution is -2.39. The Morgan fingerprint density at radius 2 is 1.85 bits per heavy atom. The van der Waals surface area contributed by atoms with Gasteiger partial charge in [0.15, 0.2) is 0 Å². The van der Waals surface area contributed by atoms with Crippen molar-refractivity contribution in [1.82, 2.24) is 14.9 Å². The number of carbonyl (C=O) groups excluding carboxylic acids is 1. The van der Waals surface area contributed by atoms with E-state index in [0.717, 1.165) is 0 Å². The van der Waals surface area contributed by atoms with Crippen LogP contribution in [0.15, 0.2) is 29.2 Å². The van der Waals surface area contributed by atoms with Gasteiger partial charge in [0.1, 0.15) is 4.90 Å². The summed E-state index contributed by atoms with van der Waals surface area (Å²) in [7, 11) is 1.29. The molecule has 0 fully saturated rings. The second kappa shape index (κ2) is 7.11. The number of nitrogens with one attached hydrogen (secondary N) is 3. The molecule has 3 N–H and O–H groups in total. The Morgan fingerprint density at radius 1 is 1.20 bits per heavy atom. The predicted molar refractivity (Wildman–Crippen MR) is 78.3 cm³/mol. The summed E-state index contributed by atoms with van der Waals surface area (Å²) in [5.74, 6) is 0. The van der Waals surface area contributed by atoms with Crippen LogP contribution in [0.1, 0.15) is 0 Å². The minimum Gasteiger partial charge on any atom is -0.387 e. The molecule has 0 aliphatic heterocycles. The molecule has 1 aromatic carbocycles. The van der Waals surface area contributed by atoms with E-state index in [1.807, 2.05) is 0 Å². The number of para-hydroxylation sites is 1. The van der Waals surface area contributed by atoms with Gasteiger partial charge in [0.05, 0.1) is 5.69 Å². The molecule has 112 valence electrons. The first-order chi connectivity index (χ1) is 9.38. The maximum atomic E-state index is 12.1. The first kappa shape index (κ1) is 16.3. The Hall–Kier alpha value is -1.80. The molecule has 7 nitrogen and oxygen atoms in total. The lowest BCUT2D eigenvalue weighted by Gasteiger charge is -2.13. The Balaban J connectivity index is 2.60. The zero-order chi connectivity index (χ0) is 15.2. The van der Waals surface area contributed by atoms with Crippen molar-refractivity contribution in [2.24, 2.45) is 0 Å². The van der Waals surface area contributed by atoms with Crippen LogP contribution in [-0.4, -0.2) is 53.6 Å². The van der Waals surface area contributed by atoms with Gasteiger partial charge in [0, 0.05) is 34.2 Å². The molecule has 1 rings (SSSR count). The van der Waals surface area contributed by atoms with Crippen molar-refractivity contribution in [1.29, 1.82) is 0 Å². The number of hydrogen-bond donors (Lipinski definition) is 3. The zero-order valence-electron chi connectivity index (χ0n) is 11.8. The van der Waals surface area contributed by atoms with Crippen LogP contribution >= 0.6 is 0 Å². The summed E-state index contributed by atoms with van der Waals surface area (Å²) in [6.07, 6.45) is 0. The van der Waals surface area contributed by atoms with Crippen LogP contribution in [0.5, 0.6) is 0 Å². The van der Waals surface area contributed by atoms with Crippen LogP contribution in [0.3, 0.4) is 0 Å². The number of sulfonamides is 1. The topological polar surface area (TPSA) is 90.5 Å².